The van der Waals surface area contributed by atoms with E-state index in [-0.39, 0.29) is 12.6 Å². The van der Waals surface area contributed by atoms with E-state index in [1.54, 1.807) is 0 Å². The molecule has 122 valence electrons. The van der Waals surface area contributed by atoms with Crippen molar-refractivity contribution < 1.29 is 5.11 Å². The van der Waals surface area contributed by atoms with Gasteiger partial charge in [-0.05, 0) is 36.4 Å². The van der Waals surface area contributed by atoms with Gasteiger partial charge in [0, 0.05) is 27.1 Å². The van der Waals surface area contributed by atoms with Gasteiger partial charge in [-0.15, -0.1) is 0 Å². The molecular formula is C20H19BrN2O. The first-order chi connectivity index (χ1) is 11.7. The molecule has 3 aromatic rings. The fourth-order valence-corrected chi connectivity index (χ4v) is 3.23. The second-order valence-electron chi connectivity index (χ2n) is 5.51. The number of hydrogen-bond donors (Lipinski definition) is 2. The minimum absolute atomic E-state index is 0.0460. The number of halogens is 1. The largest absolute Gasteiger partial charge is 0.398 e. The lowest BCUT2D eigenvalue weighted by molar-refractivity contribution is 0.267. The molecule has 0 aliphatic heterocycles. The molecule has 1 atom stereocenters. The van der Waals surface area contributed by atoms with E-state index < -0.39 is 0 Å². The van der Waals surface area contributed by atoms with E-state index in [0.717, 1.165) is 21.4 Å². The summed E-state index contributed by atoms with van der Waals surface area (Å²) in [4.78, 5) is 2.11. The Morgan fingerprint density at radius 1 is 0.875 bits per heavy atom. The minimum atomic E-state index is -0.275. The fourth-order valence-electron chi connectivity index (χ4n) is 2.85. The van der Waals surface area contributed by atoms with Gasteiger partial charge in [-0.2, -0.15) is 0 Å². The molecule has 0 fully saturated rings. The number of anilines is 3. The summed E-state index contributed by atoms with van der Waals surface area (Å²) in [6, 6.07) is 25.6. The van der Waals surface area contributed by atoms with Gasteiger partial charge in [-0.1, -0.05) is 58.4 Å². The number of nitrogens with zero attached hydrogens (tertiary/aromatic N) is 1. The van der Waals surface area contributed by atoms with E-state index in [0.29, 0.717) is 5.69 Å². The van der Waals surface area contributed by atoms with Gasteiger partial charge in [0.05, 0.1) is 12.6 Å². The second kappa shape index (κ2) is 7.51. The summed E-state index contributed by atoms with van der Waals surface area (Å²) >= 11 is 3.44. The Balaban J connectivity index is 2.13. The topological polar surface area (TPSA) is 49.5 Å². The Kier molecular flexibility index (Phi) is 5.18. The van der Waals surface area contributed by atoms with Crippen LogP contribution in [-0.4, -0.2) is 11.7 Å². The average molecular weight is 383 g/mol. The van der Waals surface area contributed by atoms with Crippen molar-refractivity contribution in [1.29, 1.82) is 0 Å². The number of nitrogens with two attached hydrogens (primary N) is 1. The van der Waals surface area contributed by atoms with Crippen LogP contribution < -0.4 is 10.6 Å². The van der Waals surface area contributed by atoms with Crippen LogP contribution in [0, 0.1) is 0 Å². The van der Waals surface area contributed by atoms with Gasteiger partial charge >= 0.3 is 0 Å². The molecule has 0 amide bonds. The fraction of sp³-hybridized carbons (Fsp3) is 0.100. The van der Waals surface area contributed by atoms with Crippen LogP contribution >= 0.6 is 15.9 Å². The first-order valence-corrected chi connectivity index (χ1v) is 8.55. The summed E-state index contributed by atoms with van der Waals surface area (Å²) in [6.45, 7) is -0.0460. The highest BCUT2D eigenvalue weighted by Gasteiger charge is 2.23. The predicted octanol–water partition coefficient (Wildman–Crippen LogP) is 4.90. The van der Waals surface area contributed by atoms with Crippen molar-refractivity contribution in [3.05, 3.63) is 88.9 Å². The van der Waals surface area contributed by atoms with Gasteiger partial charge in [0.25, 0.3) is 0 Å². The van der Waals surface area contributed by atoms with Crippen LogP contribution in [0.3, 0.4) is 0 Å². The van der Waals surface area contributed by atoms with Gasteiger partial charge in [-0.25, -0.2) is 0 Å². The van der Waals surface area contributed by atoms with E-state index in [4.69, 9.17) is 5.73 Å². The van der Waals surface area contributed by atoms with Crippen LogP contribution in [0.4, 0.5) is 17.1 Å². The zero-order chi connectivity index (χ0) is 16.9. The Bertz CT molecular complexity index is 754. The Morgan fingerprint density at radius 3 is 1.88 bits per heavy atom. The number of benzene rings is 3. The third-order valence-corrected chi connectivity index (χ3v) is 4.45. The van der Waals surface area contributed by atoms with Crippen molar-refractivity contribution in [2.24, 2.45) is 0 Å². The molecule has 0 saturated carbocycles. The molecule has 3 aromatic carbocycles. The van der Waals surface area contributed by atoms with Crippen molar-refractivity contribution in [2.75, 3.05) is 17.2 Å². The maximum absolute atomic E-state index is 10.2. The summed E-state index contributed by atoms with van der Waals surface area (Å²) in [5, 5.41) is 10.2. The summed E-state index contributed by atoms with van der Waals surface area (Å²) in [7, 11) is 0. The molecule has 0 saturated heterocycles. The zero-order valence-corrected chi connectivity index (χ0v) is 14.7. The van der Waals surface area contributed by atoms with E-state index in [2.05, 4.69) is 20.8 Å². The van der Waals surface area contributed by atoms with Gasteiger partial charge in [0.2, 0.25) is 0 Å². The normalized spacial score (nSPS) is 11.9. The molecule has 3 nitrogen and oxygen atoms in total. The molecule has 0 aromatic heterocycles. The zero-order valence-electron chi connectivity index (χ0n) is 13.1. The number of para-hydroxylation sites is 2. The van der Waals surface area contributed by atoms with Gasteiger partial charge < -0.3 is 15.7 Å². The third-order valence-electron chi connectivity index (χ3n) is 3.96. The highest BCUT2D eigenvalue weighted by atomic mass is 79.9. The highest BCUT2D eigenvalue weighted by molar-refractivity contribution is 9.10. The van der Waals surface area contributed by atoms with E-state index in [1.165, 1.54) is 0 Å². The number of rotatable bonds is 5. The molecule has 0 heterocycles. The molecular weight excluding hydrogens is 364 g/mol. The van der Waals surface area contributed by atoms with Crippen molar-refractivity contribution in [3.8, 4) is 0 Å². The summed E-state index contributed by atoms with van der Waals surface area (Å²) in [5.74, 6) is 0. The van der Waals surface area contributed by atoms with E-state index in [9.17, 15) is 5.11 Å². The maximum atomic E-state index is 10.2. The number of nitrogen functional groups attached to an aromatic ring is 1. The molecule has 0 aliphatic carbocycles. The quantitative estimate of drug-likeness (QED) is 0.616. The predicted molar refractivity (Wildman–Crippen MR) is 103 cm³/mol. The van der Waals surface area contributed by atoms with Crippen LogP contribution in [0.25, 0.3) is 0 Å². The second-order valence-corrected chi connectivity index (χ2v) is 6.43. The molecule has 0 aliphatic rings. The van der Waals surface area contributed by atoms with Gasteiger partial charge in [-0.3, -0.25) is 0 Å². The first kappa shape index (κ1) is 16.6. The first-order valence-electron chi connectivity index (χ1n) is 7.76. The van der Waals surface area contributed by atoms with Crippen LogP contribution in [0.2, 0.25) is 0 Å². The van der Waals surface area contributed by atoms with Crippen molar-refractivity contribution >= 4 is 33.0 Å². The number of aliphatic hydroxyl groups excluding tert-OH is 1. The Morgan fingerprint density at radius 2 is 1.42 bits per heavy atom. The summed E-state index contributed by atoms with van der Waals surface area (Å²) < 4.78 is 0.923. The smallest absolute Gasteiger partial charge is 0.0842 e. The summed E-state index contributed by atoms with van der Waals surface area (Å²) in [6.07, 6.45) is 0. The molecule has 0 radical (unpaired) electrons. The molecule has 0 bridgehead atoms. The van der Waals surface area contributed by atoms with Crippen LogP contribution in [0.5, 0.6) is 0 Å². The van der Waals surface area contributed by atoms with Crippen LogP contribution in [0.15, 0.2) is 83.3 Å². The SMILES string of the molecule is Nc1cc(Br)ccc1C(CO)N(c1ccccc1)c1ccccc1. The molecule has 3 rings (SSSR count). The lowest BCUT2D eigenvalue weighted by Gasteiger charge is -2.33. The average Bonchev–Trinajstić information content (AvgIpc) is 2.62. The van der Waals surface area contributed by atoms with Gasteiger partial charge in [0.1, 0.15) is 0 Å². The highest BCUT2D eigenvalue weighted by Crippen LogP contribution is 2.37. The third kappa shape index (κ3) is 3.45. The van der Waals surface area contributed by atoms with Crippen molar-refractivity contribution in [1.82, 2.24) is 0 Å². The van der Waals surface area contributed by atoms with Gasteiger partial charge in [0.15, 0.2) is 0 Å². The lowest BCUT2D eigenvalue weighted by Crippen LogP contribution is -2.27. The molecule has 3 N–H and O–H groups in total. The van der Waals surface area contributed by atoms with Crippen molar-refractivity contribution in [3.63, 3.8) is 0 Å². The van der Waals surface area contributed by atoms with Crippen molar-refractivity contribution in [2.45, 2.75) is 6.04 Å². The molecule has 4 heteroatoms. The van der Waals surface area contributed by atoms with E-state index in [1.807, 2.05) is 78.9 Å². The summed E-state index contributed by atoms with van der Waals surface area (Å²) in [5.41, 5.74) is 9.78. The Hall–Kier alpha value is -2.30. The standard InChI is InChI=1S/C20H19BrN2O/c21-15-11-12-18(19(22)13-15)20(14-24)23(16-7-3-1-4-8-16)17-9-5-2-6-10-17/h1-13,20,24H,14,22H2. The van der Waals surface area contributed by atoms with Crippen LogP contribution in [0.1, 0.15) is 11.6 Å². The number of aliphatic hydroxyl groups is 1. The molecule has 0 spiro atoms. The molecule has 24 heavy (non-hydrogen) atoms. The van der Waals surface area contributed by atoms with Crippen LogP contribution in [-0.2, 0) is 0 Å². The maximum Gasteiger partial charge on any atom is 0.0842 e. The Labute approximate surface area is 150 Å². The lowest BCUT2D eigenvalue weighted by atomic mass is 10.0. The molecule has 1 unspecified atom stereocenters. The monoisotopic (exact) mass is 382 g/mol. The van der Waals surface area contributed by atoms with E-state index >= 15 is 0 Å². The minimum Gasteiger partial charge on any atom is -0.398 e. The number of hydrogen-bond acceptors (Lipinski definition) is 3.